The molecule has 0 aliphatic carbocycles. The number of hydrogen-bond acceptors (Lipinski definition) is 5. The highest BCUT2D eigenvalue weighted by molar-refractivity contribution is 7.89. The van der Waals surface area contributed by atoms with E-state index in [1.54, 1.807) is 31.2 Å². The molecule has 1 saturated heterocycles. The largest absolute Gasteiger partial charge is 0.358 e. The van der Waals surface area contributed by atoms with Gasteiger partial charge in [0.2, 0.25) is 15.9 Å². The third kappa shape index (κ3) is 3.44. The lowest BCUT2D eigenvalue weighted by atomic mass is 10.1. The molecule has 2 amide bonds. The Balaban J connectivity index is 1.60. The average Bonchev–Trinajstić information content (AvgIpc) is 3.19. The number of amides is 2. The Morgan fingerprint density at radius 1 is 1.20 bits per heavy atom. The van der Waals surface area contributed by atoms with E-state index in [0.717, 1.165) is 29.4 Å². The van der Waals surface area contributed by atoms with Crippen molar-refractivity contribution in [2.45, 2.75) is 30.7 Å². The van der Waals surface area contributed by atoms with E-state index < -0.39 is 10.0 Å². The molecular weight excluding hydrogens is 404 g/mol. The highest BCUT2D eigenvalue weighted by Gasteiger charge is 2.36. The summed E-state index contributed by atoms with van der Waals surface area (Å²) < 4.78 is 26.2. The third-order valence-electron chi connectivity index (χ3n) is 5.59. The number of benzene rings is 2. The Morgan fingerprint density at radius 3 is 2.70 bits per heavy atom. The number of carbonyl (C=O) groups is 2. The topological polar surface area (TPSA) is 98.8 Å². The van der Waals surface area contributed by atoms with E-state index in [1.807, 2.05) is 6.07 Å². The molecule has 1 unspecified atom stereocenters. The molecule has 2 aliphatic heterocycles. The van der Waals surface area contributed by atoms with Crippen molar-refractivity contribution in [3.63, 3.8) is 0 Å². The van der Waals surface area contributed by atoms with E-state index in [4.69, 9.17) is 0 Å². The van der Waals surface area contributed by atoms with Crippen LogP contribution in [0.2, 0.25) is 0 Å². The van der Waals surface area contributed by atoms with Gasteiger partial charge in [-0.2, -0.15) is 0 Å². The number of carbonyl (C=O) groups excluding carboxylic acids is 2. The smallest absolute Gasteiger partial charge is 0.255 e. The Labute approximate surface area is 175 Å². The van der Waals surface area contributed by atoms with Gasteiger partial charge in [-0.3, -0.25) is 9.59 Å². The minimum Gasteiger partial charge on any atom is -0.358 e. The number of rotatable bonds is 4. The first-order valence-corrected chi connectivity index (χ1v) is 11.2. The van der Waals surface area contributed by atoms with Gasteiger partial charge in [-0.1, -0.05) is 6.07 Å². The summed E-state index contributed by atoms with van der Waals surface area (Å²) in [4.78, 5) is 27.3. The fourth-order valence-electron chi connectivity index (χ4n) is 3.93. The van der Waals surface area contributed by atoms with Gasteiger partial charge in [0.05, 0.1) is 16.3 Å². The predicted molar refractivity (Wildman–Crippen MR) is 115 cm³/mol. The van der Waals surface area contributed by atoms with Crippen molar-refractivity contribution in [1.29, 1.82) is 0 Å². The van der Waals surface area contributed by atoms with Crippen LogP contribution in [0, 0.1) is 6.92 Å². The van der Waals surface area contributed by atoms with Crippen LogP contribution in [0.1, 0.15) is 28.8 Å². The molecular formula is C21H24N4O4S. The minimum atomic E-state index is -3.63. The van der Waals surface area contributed by atoms with Crippen LogP contribution in [0.25, 0.3) is 0 Å². The van der Waals surface area contributed by atoms with Crippen LogP contribution in [-0.2, 0) is 14.8 Å². The molecule has 8 nitrogen and oxygen atoms in total. The highest BCUT2D eigenvalue weighted by Crippen LogP contribution is 2.37. The monoisotopic (exact) mass is 428 g/mol. The van der Waals surface area contributed by atoms with Gasteiger partial charge >= 0.3 is 0 Å². The van der Waals surface area contributed by atoms with Gasteiger partial charge in [0.15, 0.2) is 0 Å². The molecule has 9 heteroatoms. The lowest BCUT2D eigenvalue weighted by molar-refractivity contribution is -0.117. The van der Waals surface area contributed by atoms with E-state index in [0.29, 0.717) is 22.5 Å². The van der Waals surface area contributed by atoms with Gasteiger partial charge < -0.3 is 15.5 Å². The molecule has 2 aromatic carbocycles. The first-order chi connectivity index (χ1) is 14.2. The summed E-state index contributed by atoms with van der Waals surface area (Å²) in [5, 5.41) is 5.65. The van der Waals surface area contributed by atoms with E-state index in [1.165, 1.54) is 20.2 Å². The third-order valence-corrected chi connectivity index (χ3v) is 7.54. The number of nitrogens with one attached hydrogen (secondary N) is 2. The van der Waals surface area contributed by atoms with Crippen molar-refractivity contribution in [3.05, 3.63) is 47.5 Å². The molecule has 30 heavy (non-hydrogen) atoms. The van der Waals surface area contributed by atoms with E-state index in [-0.39, 0.29) is 22.8 Å². The molecule has 4 rings (SSSR count). The lowest BCUT2D eigenvalue weighted by Gasteiger charge is -2.33. The molecule has 2 aromatic rings. The Hall–Kier alpha value is -2.91. The number of sulfonamides is 1. The second-order valence-electron chi connectivity index (χ2n) is 7.79. The van der Waals surface area contributed by atoms with Crippen molar-refractivity contribution >= 4 is 38.9 Å². The van der Waals surface area contributed by atoms with Gasteiger partial charge in [0, 0.05) is 31.9 Å². The summed E-state index contributed by atoms with van der Waals surface area (Å²) in [6.07, 6.45) is 1.80. The summed E-state index contributed by atoms with van der Waals surface area (Å²) in [6, 6.07) is 9.86. The Bertz CT molecular complexity index is 1140. The van der Waals surface area contributed by atoms with Crippen LogP contribution in [0.5, 0.6) is 0 Å². The number of hydrogen-bond donors (Lipinski definition) is 2. The number of fused-ring (bicyclic) bond motifs is 3. The molecule has 0 bridgehead atoms. The molecule has 0 saturated carbocycles. The summed E-state index contributed by atoms with van der Waals surface area (Å²) in [6.45, 7) is 2.53. The van der Waals surface area contributed by atoms with Crippen LogP contribution < -0.4 is 15.5 Å². The Kier molecular flexibility index (Phi) is 5.03. The zero-order valence-electron chi connectivity index (χ0n) is 17.1. The van der Waals surface area contributed by atoms with E-state index >= 15 is 0 Å². The first kappa shape index (κ1) is 20.4. The second-order valence-corrected chi connectivity index (χ2v) is 9.91. The van der Waals surface area contributed by atoms with Crippen LogP contribution in [0.4, 0.5) is 17.1 Å². The number of nitrogens with zero attached hydrogens (tertiary/aromatic N) is 2. The molecule has 0 aromatic heterocycles. The van der Waals surface area contributed by atoms with Gasteiger partial charge in [-0.05, 0) is 55.7 Å². The molecule has 158 valence electrons. The molecule has 2 N–H and O–H groups in total. The highest BCUT2D eigenvalue weighted by atomic mass is 32.2. The fourth-order valence-corrected chi connectivity index (χ4v) is 5.07. The maximum absolute atomic E-state index is 12.8. The maximum atomic E-state index is 12.8. The number of anilines is 3. The quantitative estimate of drug-likeness (QED) is 0.779. The zero-order valence-corrected chi connectivity index (χ0v) is 17.9. The fraction of sp³-hybridized carbons (Fsp3) is 0.333. The minimum absolute atomic E-state index is 0.0466. The summed E-state index contributed by atoms with van der Waals surface area (Å²) in [5.41, 5.74) is 2.89. The summed E-state index contributed by atoms with van der Waals surface area (Å²) in [7, 11) is -0.699. The number of aryl methyl sites for hydroxylation is 1. The van der Waals surface area contributed by atoms with Crippen molar-refractivity contribution in [3.8, 4) is 0 Å². The first-order valence-electron chi connectivity index (χ1n) is 9.74. The van der Waals surface area contributed by atoms with Crippen LogP contribution in [0.3, 0.4) is 0 Å². The van der Waals surface area contributed by atoms with Crippen molar-refractivity contribution < 1.29 is 18.0 Å². The molecule has 2 heterocycles. The lowest BCUT2D eigenvalue weighted by Crippen LogP contribution is -2.43. The van der Waals surface area contributed by atoms with E-state index in [2.05, 4.69) is 15.5 Å². The van der Waals surface area contributed by atoms with Crippen LogP contribution in [-0.4, -0.2) is 51.2 Å². The molecule has 1 fully saturated rings. The summed E-state index contributed by atoms with van der Waals surface area (Å²) in [5.74, 6) is -0.428. The molecule has 0 spiro atoms. The summed E-state index contributed by atoms with van der Waals surface area (Å²) >= 11 is 0. The molecule has 1 atom stereocenters. The van der Waals surface area contributed by atoms with Crippen LogP contribution in [0.15, 0.2) is 41.3 Å². The zero-order chi connectivity index (χ0) is 21.6. The van der Waals surface area contributed by atoms with Gasteiger partial charge in [0.25, 0.3) is 5.91 Å². The van der Waals surface area contributed by atoms with Gasteiger partial charge in [0.1, 0.15) is 6.04 Å². The second kappa shape index (κ2) is 7.41. The van der Waals surface area contributed by atoms with Crippen molar-refractivity contribution in [2.24, 2.45) is 0 Å². The van der Waals surface area contributed by atoms with Gasteiger partial charge in [-0.15, -0.1) is 0 Å². The normalized spacial score (nSPS) is 18.1. The van der Waals surface area contributed by atoms with Crippen molar-refractivity contribution in [1.82, 2.24) is 4.31 Å². The van der Waals surface area contributed by atoms with Crippen LogP contribution >= 0.6 is 0 Å². The maximum Gasteiger partial charge on any atom is 0.255 e. The van der Waals surface area contributed by atoms with Gasteiger partial charge in [-0.25, -0.2) is 12.7 Å². The molecule has 0 radical (unpaired) electrons. The Morgan fingerprint density at radius 2 is 1.97 bits per heavy atom. The predicted octanol–water partition coefficient (Wildman–Crippen LogP) is 2.42. The van der Waals surface area contributed by atoms with Crippen molar-refractivity contribution in [2.75, 3.05) is 36.2 Å². The standard InChI is InChI=1S/C21H24N4O4S/c1-13-6-8-15(12-19(13)30(28,29)24(2)3)22-20(26)14-7-9-17-16(11-14)23-21(27)18-5-4-10-25(17)18/h6-9,11-12,18H,4-5,10H2,1-3H3,(H,22,26)(H,23,27). The average molecular weight is 429 g/mol. The molecule has 2 aliphatic rings. The van der Waals surface area contributed by atoms with E-state index in [9.17, 15) is 18.0 Å². The SMILES string of the molecule is Cc1ccc(NC(=O)c2ccc3c(c2)NC(=O)C2CCCN32)cc1S(=O)(=O)N(C)C.